The molecule has 0 saturated carbocycles. The van der Waals surface area contributed by atoms with Gasteiger partial charge in [-0.2, -0.15) is 0 Å². The van der Waals surface area contributed by atoms with Crippen molar-refractivity contribution in [3.05, 3.63) is 42.2 Å². The van der Waals surface area contributed by atoms with Crippen LogP contribution in [0.2, 0.25) is 0 Å². The van der Waals surface area contributed by atoms with Crippen molar-refractivity contribution >= 4 is 16.7 Å². The van der Waals surface area contributed by atoms with Crippen LogP contribution in [0.3, 0.4) is 0 Å². The molecule has 2 rings (SSSR count). The van der Waals surface area contributed by atoms with Crippen molar-refractivity contribution in [2.24, 2.45) is 5.73 Å². The maximum Gasteiger partial charge on any atom is 0.134 e. The first kappa shape index (κ1) is 7.92. The minimum Gasteiger partial charge on any atom is -0.464 e. The minimum absolute atomic E-state index is 0. The van der Waals surface area contributed by atoms with Crippen LogP contribution in [0.25, 0.3) is 16.7 Å². The summed E-state index contributed by atoms with van der Waals surface area (Å²) in [6.45, 7) is 1.92. The zero-order valence-corrected chi connectivity index (χ0v) is 7.45. The van der Waals surface area contributed by atoms with Gasteiger partial charge in [-0.15, -0.1) is 0 Å². The lowest BCUT2D eigenvalue weighted by molar-refractivity contribution is 0.616. The van der Waals surface area contributed by atoms with Crippen molar-refractivity contribution in [2.45, 2.75) is 6.92 Å². The van der Waals surface area contributed by atoms with E-state index in [1.807, 2.05) is 37.3 Å². The zero-order chi connectivity index (χ0) is 9.26. The van der Waals surface area contributed by atoms with Crippen LogP contribution in [0.5, 0.6) is 0 Å². The topological polar surface area (TPSA) is 39.2 Å². The summed E-state index contributed by atoms with van der Waals surface area (Å²) in [6, 6.07) is 7.88. The van der Waals surface area contributed by atoms with Gasteiger partial charge in [0.2, 0.25) is 0 Å². The molecule has 0 atom stereocenters. The predicted molar refractivity (Wildman–Crippen MR) is 56.2 cm³/mol. The number of allylic oxidation sites excluding steroid dienone is 1. The molecular formula is C11H13NO. The molecule has 0 unspecified atom stereocenters. The van der Waals surface area contributed by atoms with E-state index in [4.69, 9.17) is 10.2 Å². The highest BCUT2D eigenvalue weighted by atomic mass is 16.3. The highest BCUT2D eigenvalue weighted by molar-refractivity contribution is 5.81. The molecule has 1 heterocycles. The Kier molecular flexibility index (Phi) is 1.81. The summed E-state index contributed by atoms with van der Waals surface area (Å²) in [7, 11) is 0. The van der Waals surface area contributed by atoms with Gasteiger partial charge in [-0.1, -0.05) is 18.2 Å². The van der Waals surface area contributed by atoms with Gasteiger partial charge in [0.05, 0.1) is 6.26 Å². The van der Waals surface area contributed by atoms with E-state index >= 15 is 0 Å². The summed E-state index contributed by atoms with van der Waals surface area (Å²) in [4.78, 5) is 0. The fourth-order valence-corrected chi connectivity index (χ4v) is 1.30. The summed E-state index contributed by atoms with van der Waals surface area (Å²) in [5, 5.41) is 1.10. The molecule has 2 aromatic rings. The maximum atomic E-state index is 5.77. The van der Waals surface area contributed by atoms with Crippen LogP contribution in [-0.4, -0.2) is 0 Å². The van der Waals surface area contributed by atoms with Crippen molar-refractivity contribution in [2.75, 3.05) is 0 Å². The Balaban J connectivity index is 0.000000980. The van der Waals surface area contributed by atoms with Gasteiger partial charge in [-0.3, -0.25) is 0 Å². The third-order valence-corrected chi connectivity index (χ3v) is 2.10. The largest absolute Gasteiger partial charge is 0.464 e. The molecule has 13 heavy (non-hydrogen) atoms. The van der Waals surface area contributed by atoms with Crippen LogP contribution in [0.4, 0.5) is 0 Å². The average molecular weight is 175 g/mol. The summed E-state index contributed by atoms with van der Waals surface area (Å²) in [5.41, 5.74) is 8.43. The Labute approximate surface area is 78.1 Å². The van der Waals surface area contributed by atoms with E-state index in [2.05, 4.69) is 0 Å². The van der Waals surface area contributed by atoms with Crippen molar-refractivity contribution in [1.82, 2.24) is 0 Å². The maximum absolute atomic E-state index is 5.77. The lowest BCUT2D eigenvalue weighted by atomic mass is 10.1. The van der Waals surface area contributed by atoms with E-state index in [0.29, 0.717) is 0 Å². The molecule has 2 heteroatoms. The molecule has 0 bridgehead atoms. The Morgan fingerprint density at radius 2 is 2.31 bits per heavy atom. The number of fused-ring (bicyclic) bond motifs is 1. The SMILES string of the molecule is C/C=C(/N)c1ccc2ccoc2c1.[HH]. The number of rotatable bonds is 1. The third kappa shape index (κ3) is 1.31. The summed E-state index contributed by atoms with van der Waals surface area (Å²) < 4.78 is 5.27. The molecule has 0 spiro atoms. The lowest BCUT2D eigenvalue weighted by Crippen LogP contribution is -1.94. The number of hydrogen-bond donors (Lipinski definition) is 1. The summed E-state index contributed by atoms with van der Waals surface area (Å²) in [5.74, 6) is 0. The van der Waals surface area contributed by atoms with Crippen LogP contribution in [-0.2, 0) is 0 Å². The van der Waals surface area contributed by atoms with Gasteiger partial charge < -0.3 is 10.2 Å². The molecule has 2 nitrogen and oxygen atoms in total. The van der Waals surface area contributed by atoms with E-state index in [9.17, 15) is 0 Å². The van der Waals surface area contributed by atoms with Crippen molar-refractivity contribution in [3.8, 4) is 0 Å². The average Bonchev–Trinajstić information content (AvgIpc) is 2.63. The summed E-state index contributed by atoms with van der Waals surface area (Å²) >= 11 is 0. The molecule has 0 amide bonds. The highest BCUT2D eigenvalue weighted by Crippen LogP contribution is 2.19. The molecular weight excluding hydrogens is 162 g/mol. The van der Waals surface area contributed by atoms with E-state index in [0.717, 1.165) is 22.2 Å². The van der Waals surface area contributed by atoms with Crippen LogP contribution < -0.4 is 5.73 Å². The molecule has 0 aliphatic heterocycles. The third-order valence-electron chi connectivity index (χ3n) is 2.10. The zero-order valence-electron chi connectivity index (χ0n) is 7.45. The smallest absolute Gasteiger partial charge is 0.134 e. The molecule has 0 radical (unpaired) electrons. The van der Waals surface area contributed by atoms with Gasteiger partial charge in [0.1, 0.15) is 5.58 Å². The van der Waals surface area contributed by atoms with Crippen molar-refractivity contribution in [3.63, 3.8) is 0 Å². The normalized spacial score (nSPS) is 12.2. The molecule has 0 aliphatic rings. The van der Waals surface area contributed by atoms with Crippen molar-refractivity contribution < 1.29 is 5.84 Å². The molecule has 68 valence electrons. The minimum atomic E-state index is 0. The second kappa shape index (κ2) is 2.98. The van der Waals surface area contributed by atoms with E-state index < -0.39 is 0 Å². The van der Waals surface area contributed by atoms with Gasteiger partial charge in [-0.05, 0) is 19.1 Å². The number of hydrogen-bond acceptors (Lipinski definition) is 2. The monoisotopic (exact) mass is 175 g/mol. The van der Waals surface area contributed by atoms with E-state index in [1.165, 1.54) is 0 Å². The first-order valence-electron chi connectivity index (χ1n) is 4.20. The standard InChI is InChI=1S/C11H11NO.H2/c1-2-10(12)9-4-3-8-5-6-13-11(8)7-9;/h2-7H,12H2,1H3;1H/b10-2+;. The number of furan rings is 1. The fourth-order valence-electron chi connectivity index (χ4n) is 1.30. The van der Waals surface area contributed by atoms with Gasteiger partial charge in [0.25, 0.3) is 0 Å². The quantitative estimate of drug-likeness (QED) is 0.723. The second-order valence-corrected chi connectivity index (χ2v) is 2.92. The van der Waals surface area contributed by atoms with Crippen LogP contribution in [0, 0.1) is 0 Å². The van der Waals surface area contributed by atoms with Gasteiger partial charge in [0.15, 0.2) is 0 Å². The summed E-state index contributed by atoms with van der Waals surface area (Å²) in [6.07, 6.45) is 3.56. The highest BCUT2D eigenvalue weighted by Gasteiger charge is 1.99. The molecule has 1 aromatic carbocycles. The molecule has 1 aromatic heterocycles. The van der Waals surface area contributed by atoms with Crippen molar-refractivity contribution in [1.29, 1.82) is 0 Å². The molecule has 2 N–H and O–H groups in total. The van der Waals surface area contributed by atoms with Crippen LogP contribution >= 0.6 is 0 Å². The van der Waals surface area contributed by atoms with Crippen LogP contribution in [0.15, 0.2) is 41.0 Å². The van der Waals surface area contributed by atoms with E-state index in [-0.39, 0.29) is 1.43 Å². The fraction of sp³-hybridized carbons (Fsp3) is 0.0909. The van der Waals surface area contributed by atoms with Crippen LogP contribution in [0.1, 0.15) is 13.9 Å². The molecule has 0 aliphatic carbocycles. The van der Waals surface area contributed by atoms with Gasteiger partial charge in [-0.25, -0.2) is 0 Å². The number of nitrogens with two attached hydrogens (primary N) is 1. The van der Waals surface area contributed by atoms with Gasteiger partial charge in [0, 0.05) is 18.1 Å². The molecule has 0 fully saturated rings. The van der Waals surface area contributed by atoms with E-state index in [1.54, 1.807) is 6.26 Å². The Bertz CT molecular complexity index is 459. The first-order valence-corrected chi connectivity index (χ1v) is 4.20. The van der Waals surface area contributed by atoms with Gasteiger partial charge >= 0.3 is 0 Å². The Hall–Kier alpha value is -1.70. The second-order valence-electron chi connectivity index (χ2n) is 2.92. The molecule has 0 saturated heterocycles. The lowest BCUT2D eigenvalue weighted by Gasteiger charge is -1.99. The Morgan fingerprint density at radius 3 is 3.08 bits per heavy atom. The number of benzene rings is 1. The Morgan fingerprint density at radius 1 is 1.46 bits per heavy atom. The first-order chi connectivity index (χ1) is 6.31. The predicted octanol–water partition coefficient (Wildman–Crippen LogP) is 3.00.